The molecule has 0 radical (unpaired) electrons. The summed E-state index contributed by atoms with van der Waals surface area (Å²) in [6.07, 6.45) is 3.88. The Labute approximate surface area is 242 Å². The highest BCUT2D eigenvalue weighted by Gasteiger charge is 2.34. The fourth-order valence-electron chi connectivity index (χ4n) is 5.10. The molecule has 1 N–H and O–H groups in total. The van der Waals surface area contributed by atoms with E-state index in [1.165, 1.54) is 17.0 Å². The van der Waals surface area contributed by atoms with E-state index in [0.717, 1.165) is 18.6 Å². The molecule has 1 unspecified atom stereocenters. The van der Waals surface area contributed by atoms with Crippen LogP contribution in [0.15, 0.2) is 43.1 Å². The topological polar surface area (TPSA) is 88.6 Å². The highest BCUT2D eigenvalue weighted by Crippen LogP contribution is 2.38. The van der Waals surface area contributed by atoms with Crippen molar-refractivity contribution in [3.63, 3.8) is 0 Å². The van der Waals surface area contributed by atoms with E-state index in [9.17, 15) is 13.2 Å². The smallest absolute Gasteiger partial charge is 0.416 e. The lowest BCUT2D eigenvalue weighted by molar-refractivity contribution is -0.137. The minimum absolute atomic E-state index is 0.0461. The summed E-state index contributed by atoms with van der Waals surface area (Å²) in [5.74, 6) is -0.144. The lowest BCUT2D eigenvalue weighted by Gasteiger charge is -2.22. The maximum absolute atomic E-state index is 15.7. The summed E-state index contributed by atoms with van der Waals surface area (Å²) in [4.78, 5) is 16.8. The molecule has 0 amide bonds. The van der Waals surface area contributed by atoms with Crippen molar-refractivity contribution in [2.75, 3.05) is 32.5 Å². The fourth-order valence-corrected chi connectivity index (χ4v) is 5.40. The van der Waals surface area contributed by atoms with Gasteiger partial charge in [0, 0.05) is 50.7 Å². The van der Waals surface area contributed by atoms with Crippen molar-refractivity contribution in [1.82, 2.24) is 38.9 Å². The van der Waals surface area contributed by atoms with Crippen LogP contribution in [0, 0.1) is 5.82 Å². The number of halogens is 5. The molecule has 5 heterocycles. The van der Waals surface area contributed by atoms with Crippen LogP contribution in [-0.4, -0.2) is 72.2 Å². The largest absolute Gasteiger partial charge is 0.450 e. The van der Waals surface area contributed by atoms with E-state index in [1.807, 2.05) is 19.0 Å². The van der Waals surface area contributed by atoms with E-state index >= 15 is 4.39 Å². The fraction of sp³-hybridized carbons (Fsp3) is 0.333. The predicted molar refractivity (Wildman–Crippen MR) is 149 cm³/mol. The zero-order chi connectivity index (χ0) is 29.8. The summed E-state index contributed by atoms with van der Waals surface area (Å²) in [6.45, 7) is 1.34. The summed E-state index contributed by atoms with van der Waals surface area (Å²) in [5.41, 5.74) is -0.238. The van der Waals surface area contributed by atoms with Crippen LogP contribution < -0.4 is 10.1 Å². The number of aryl methyl sites for hydroxylation is 1. The van der Waals surface area contributed by atoms with Crippen molar-refractivity contribution in [3.05, 3.63) is 65.1 Å². The summed E-state index contributed by atoms with van der Waals surface area (Å²) < 4.78 is 66.3. The minimum atomic E-state index is -4.67. The van der Waals surface area contributed by atoms with Crippen LogP contribution in [0.4, 0.5) is 29.2 Å². The Kier molecular flexibility index (Phi) is 7.15. The maximum Gasteiger partial charge on any atom is 0.416 e. The monoisotopic (exact) mass is 603 g/mol. The second-order valence-corrected chi connectivity index (χ2v) is 10.8. The van der Waals surface area contributed by atoms with Crippen LogP contribution >= 0.6 is 11.6 Å². The number of imidazole rings is 1. The van der Waals surface area contributed by atoms with Gasteiger partial charge in [-0.2, -0.15) is 23.3 Å². The predicted octanol–water partition coefficient (Wildman–Crippen LogP) is 5.49. The van der Waals surface area contributed by atoms with Gasteiger partial charge in [-0.3, -0.25) is 9.88 Å². The third kappa shape index (κ3) is 5.21. The molecule has 1 fully saturated rings. The van der Waals surface area contributed by atoms with Gasteiger partial charge in [-0.15, -0.1) is 0 Å². The summed E-state index contributed by atoms with van der Waals surface area (Å²) in [7, 11) is 5.49. The molecular formula is C27H26ClF4N9O. The molecule has 1 saturated heterocycles. The number of nitrogens with one attached hydrogen (secondary N) is 1. The van der Waals surface area contributed by atoms with Gasteiger partial charge < -0.3 is 19.5 Å². The van der Waals surface area contributed by atoms with Gasteiger partial charge in [-0.25, -0.2) is 13.9 Å². The normalized spacial score (nSPS) is 16.3. The van der Waals surface area contributed by atoms with Crippen molar-refractivity contribution < 1.29 is 22.3 Å². The first-order chi connectivity index (χ1) is 20.0. The molecule has 1 aliphatic heterocycles. The molecule has 0 aliphatic carbocycles. The number of hydrogen-bond acceptors (Lipinski definition) is 8. The Balaban J connectivity index is 1.32. The molecule has 1 aliphatic rings. The number of anilines is 2. The van der Waals surface area contributed by atoms with Gasteiger partial charge in [0.25, 0.3) is 0 Å². The van der Waals surface area contributed by atoms with E-state index in [4.69, 9.17) is 16.3 Å². The zero-order valence-corrected chi connectivity index (χ0v) is 23.6. The molecule has 1 aromatic carbocycles. The van der Waals surface area contributed by atoms with E-state index in [0.29, 0.717) is 29.9 Å². The Morgan fingerprint density at radius 2 is 1.98 bits per heavy atom. The molecule has 0 spiro atoms. The number of rotatable bonds is 7. The molecule has 220 valence electrons. The molecule has 5 aromatic rings. The molecule has 0 saturated carbocycles. The zero-order valence-electron chi connectivity index (χ0n) is 22.8. The number of likely N-dealkylation sites (N-methyl/N-ethyl adjacent to an activating group) is 1. The molecule has 0 bridgehead atoms. The molecule has 1 atom stereocenters. The van der Waals surface area contributed by atoms with E-state index in [1.54, 1.807) is 30.2 Å². The van der Waals surface area contributed by atoms with Crippen LogP contribution in [0.3, 0.4) is 0 Å². The molecule has 15 heteroatoms. The van der Waals surface area contributed by atoms with Gasteiger partial charge in [0.05, 0.1) is 29.8 Å². The molecule has 10 nitrogen and oxygen atoms in total. The quantitative estimate of drug-likeness (QED) is 0.244. The highest BCUT2D eigenvalue weighted by molar-refractivity contribution is 6.36. The van der Waals surface area contributed by atoms with E-state index < -0.39 is 17.6 Å². The number of likely N-dealkylation sites (tertiary alicyclic amines) is 1. The Morgan fingerprint density at radius 1 is 1.17 bits per heavy atom. The highest BCUT2D eigenvalue weighted by atomic mass is 35.5. The number of alkyl halides is 3. The SMILES string of the molecule is CN(C)C1CCN(Cc2cc(C(F)(F)F)cc(Nc3nc4ncc(Oc5cnn6ccncc56)c(Cl)c4n3C)c2F)C1. The third-order valence-corrected chi connectivity index (χ3v) is 7.77. The lowest BCUT2D eigenvalue weighted by atomic mass is 10.1. The van der Waals surface area contributed by atoms with Gasteiger partial charge >= 0.3 is 6.18 Å². The van der Waals surface area contributed by atoms with Crippen molar-refractivity contribution in [1.29, 1.82) is 0 Å². The number of pyridine rings is 1. The Bertz CT molecular complexity index is 1790. The van der Waals surface area contributed by atoms with Crippen LogP contribution in [0.1, 0.15) is 17.5 Å². The average molecular weight is 604 g/mol. The first kappa shape index (κ1) is 28.1. The molecule has 42 heavy (non-hydrogen) atoms. The first-order valence-electron chi connectivity index (χ1n) is 13.0. The second-order valence-electron chi connectivity index (χ2n) is 10.4. The lowest BCUT2D eigenvalue weighted by Crippen LogP contribution is -2.31. The number of fused-ring (bicyclic) bond motifs is 2. The van der Waals surface area contributed by atoms with Crippen molar-refractivity contribution in [2.45, 2.75) is 25.2 Å². The molecular weight excluding hydrogens is 578 g/mol. The van der Waals surface area contributed by atoms with Crippen molar-refractivity contribution in [2.24, 2.45) is 7.05 Å². The Hall–Kier alpha value is -4.01. The van der Waals surface area contributed by atoms with Crippen LogP contribution in [-0.2, 0) is 19.8 Å². The Morgan fingerprint density at radius 3 is 2.71 bits per heavy atom. The number of nitrogens with zero attached hydrogens (tertiary/aromatic N) is 8. The number of benzene rings is 1. The van der Waals surface area contributed by atoms with Gasteiger partial charge in [-0.1, -0.05) is 11.6 Å². The number of aromatic nitrogens is 6. The van der Waals surface area contributed by atoms with E-state index in [2.05, 4.69) is 30.3 Å². The van der Waals surface area contributed by atoms with Gasteiger partial charge in [0.15, 0.2) is 23.0 Å². The number of hydrogen-bond donors (Lipinski definition) is 1. The first-order valence-corrected chi connectivity index (χ1v) is 13.4. The van der Waals surface area contributed by atoms with Crippen molar-refractivity contribution >= 4 is 39.9 Å². The van der Waals surface area contributed by atoms with Crippen molar-refractivity contribution in [3.8, 4) is 11.5 Å². The van der Waals surface area contributed by atoms with Crippen LogP contribution in [0.5, 0.6) is 11.5 Å². The van der Waals surface area contributed by atoms with Gasteiger partial charge in [0.2, 0.25) is 5.95 Å². The van der Waals surface area contributed by atoms with Crippen LogP contribution in [0.25, 0.3) is 16.7 Å². The summed E-state index contributed by atoms with van der Waals surface area (Å²) >= 11 is 6.67. The van der Waals surface area contributed by atoms with E-state index in [-0.39, 0.29) is 46.2 Å². The maximum atomic E-state index is 15.7. The average Bonchev–Trinajstić information content (AvgIpc) is 3.66. The standard InChI is InChI=1S/C27H26ClF4N9O/c1-38(2)17-4-6-40(14-17)13-15-8-16(27(30,31)32)9-18(23(15)29)36-26-37-25-24(39(26)3)22(28)21(11-34-25)42-20-12-35-41-7-5-33-10-19(20)41/h5,7-12,17H,4,6,13-14H2,1-3H3,(H,34,36,37). The second kappa shape index (κ2) is 10.7. The molecule has 6 rings (SSSR count). The molecule has 4 aromatic heterocycles. The summed E-state index contributed by atoms with van der Waals surface area (Å²) in [5, 5.41) is 7.09. The third-order valence-electron chi connectivity index (χ3n) is 7.41. The number of ether oxygens (including phenoxy) is 1. The van der Waals surface area contributed by atoms with Gasteiger partial charge in [-0.05, 0) is 32.6 Å². The minimum Gasteiger partial charge on any atom is -0.450 e. The van der Waals surface area contributed by atoms with Gasteiger partial charge in [0.1, 0.15) is 16.1 Å². The van der Waals surface area contributed by atoms with Crippen LogP contribution in [0.2, 0.25) is 5.02 Å². The summed E-state index contributed by atoms with van der Waals surface area (Å²) in [6, 6.07) is 1.87.